The number of pyridine rings is 1. The van der Waals surface area contributed by atoms with E-state index in [1.807, 2.05) is 18.2 Å². The van der Waals surface area contributed by atoms with E-state index in [-0.39, 0.29) is 12.4 Å². The van der Waals surface area contributed by atoms with E-state index in [4.69, 9.17) is 0 Å². The number of nitrogens with zero attached hydrogens (tertiary/aromatic N) is 3. The molecule has 1 amide bonds. The van der Waals surface area contributed by atoms with E-state index in [0.29, 0.717) is 10.5 Å². The summed E-state index contributed by atoms with van der Waals surface area (Å²) in [5, 5.41) is 6.81. The molecule has 0 saturated heterocycles. The lowest BCUT2D eigenvalue weighted by atomic mass is 10.3. The second-order valence-electron chi connectivity index (χ2n) is 5.28. The smallest absolute Gasteiger partial charge is 0.249 e. The number of aldehydes is 1. The van der Waals surface area contributed by atoms with Crippen molar-refractivity contribution in [3.63, 3.8) is 0 Å². The molecule has 0 unspecified atom stereocenters. The van der Waals surface area contributed by atoms with Crippen LogP contribution in [0.5, 0.6) is 0 Å². The van der Waals surface area contributed by atoms with Crippen LogP contribution < -0.4 is 5.32 Å². The molecule has 6 nitrogen and oxygen atoms in total. The summed E-state index contributed by atoms with van der Waals surface area (Å²) in [5.74, 6) is -0.837. The van der Waals surface area contributed by atoms with Gasteiger partial charge in [0.2, 0.25) is 11.9 Å². The molecule has 1 aliphatic carbocycles. The first-order chi connectivity index (χ1) is 11.2. The van der Waals surface area contributed by atoms with Crippen molar-refractivity contribution in [3.8, 4) is 10.6 Å². The molecule has 0 bridgehead atoms. The minimum absolute atomic E-state index is 0.147. The van der Waals surface area contributed by atoms with Crippen LogP contribution in [-0.2, 0) is 4.79 Å². The number of hydrogen-bond donors (Lipinski definition) is 1. The van der Waals surface area contributed by atoms with E-state index in [2.05, 4.69) is 15.4 Å². The maximum atomic E-state index is 12.9. The van der Waals surface area contributed by atoms with E-state index in [9.17, 15) is 14.0 Å². The molecule has 1 aliphatic rings. The number of carbonyl (C=O) groups is 2. The predicted molar refractivity (Wildman–Crippen MR) is 83.3 cm³/mol. The van der Waals surface area contributed by atoms with E-state index in [1.54, 1.807) is 16.6 Å². The lowest BCUT2D eigenvalue weighted by Crippen LogP contribution is -2.16. The molecular weight excluding hydrogens is 319 g/mol. The molecular formula is C15H11FN4O2S. The number of fused-ring (bicyclic) bond motifs is 1. The normalized spacial score (nSPS) is 19.7. The van der Waals surface area contributed by atoms with Crippen LogP contribution in [0.25, 0.3) is 16.2 Å². The first kappa shape index (κ1) is 14.0. The van der Waals surface area contributed by atoms with Gasteiger partial charge in [0.25, 0.3) is 0 Å². The summed E-state index contributed by atoms with van der Waals surface area (Å²) in [6, 6.07) is 9.01. The average molecular weight is 330 g/mol. The highest BCUT2D eigenvalue weighted by Crippen LogP contribution is 2.34. The highest BCUT2D eigenvalue weighted by Gasteiger charge is 2.44. The van der Waals surface area contributed by atoms with Crippen molar-refractivity contribution < 1.29 is 14.0 Å². The van der Waals surface area contributed by atoms with E-state index >= 15 is 0 Å². The highest BCUT2D eigenvalue weighted by molar-refractivity contribution is 7.17. The molecule has 1 fully saturated rings. The fourth-order valence-electron chi connectivity index (χ4n) is 2.34. The summed E-state index contributed by atoms with van der Waals surface area (Å²) in [6.07, 6.45) is -0.00575. The molecule has 8 heteroatoms. The monoisotopic (exact) mass is 330 g/mol. The molecule has 1 N–H and O–H groups in total. The van der Waals surface area contributed by atoms with Gasteiger partial charge in [0, 0.05) is 0 Å². The number of halogens is 1. The van der Waals surface area contributed by atoms with Crippen molar-refractivity contribution in [2.45, 2.75) is 12.6 Å². The Labute approximate surface area is 134 Å². The Morgan fingerprint density at radius 2 is 2.22 bits per heavy atom. The van der Waals surface area contributed by atoms with Crippen molar-refractivity contribution in [2.75, 3.05) is 5.32 Å². The van der Waals surface area contributed by atoms with Crippen LogP contribution in [0.4, 0.5) is 10.3 Å². The summed E-state index contributed by atoms with van der Waals surface area (Å²) < 4.78 is 14.5. The molecule has 3 aromatic rings. The van der Waals surface area contributed by atoms with Crippen LogP contribution in [0, 0.1) is 5.92 Å². The third-order valence-electron chi connectivity index (χ3n) is 3.64. The van der Waals surface area contributed by atoms with Crippen LogP contribution in [0.3, 0.4) is 0 Å². The molecule has 3 aromatic heterocycles. The number of nitrogens with one attached hydrogen (secondary N) is 1. The van der Waals surface area contributed by atoms with Gasteiger partial charge in [0.05, 0.1) is 21.4 Å². The summed E-state index contributed by atoms with van der Waals surface area (Å²) in [7, 11) is 0. The van der Waals surface area contributed by atoms with Gasteiger partial charge >= 0.3 is 0 Å². The number of amides is 1. The maximum Gasteiger partial charge on any atom is 0.249 e. The fourth-order valence-corrected chi connectivity index (χ4v) is 3.17. The van der Waals surface area contributed by atoms with Gasteiger partial charge in [-0.05, 0) is 30.7 Å². The summed E-state index contributed by atoms with van der Waals surface area (Å²) >= 11 is 1.35. The second-order valence-corrected chi connectivity index (χ2v) is 6.40. The summed E-state index contributed by atoms with van der Waals surface area (Å²) in [6.45, 7) is 0. The van der Waals surface area contributed by atoms with E-state index in [0.717, 1.165) is 16.9 Å². The van der Waals surface area contributed by atoms with Crippen molar-refractivity contribution in [1.82, 2.24) is 14.6 Å². The van der Waals surface area contributed by atoms with E-state index < -0.39 is 18.0 Å². The van der Waals surface area contributed by atoms with E-state index in [1.165, 1.54) is 11.3 Å². The molecule has 2 atom stereocenters. The second kappa shape index (κ2) is 5.24. The molecule has 0 radical (unpaired) electrons. The van der Waals surface area contributed by atoms with Crippen LogP contribution in [-0.4, -0.2) is 33.0 Å². The standard InChI is InChI=1S/C15H11FN4O2S/c16-10-6-9(10)14(22)18-15-17-13-3-1-2-11(20(13)19-15)12-5-4-8(7-21)23-12/h1-5,7,9-10H,6H2,(H,18,19,22)/t9-,10+/m0/s1. The number of aromatic nitrogens is 3. The average Bonchev–Trinajstić information content (AvgIpc) is 2.97. The number of thiophene rings is 1. The fraction of sp³-hybridized carbons (Fsp3) is 0.200. The molecule has 1 saturated carbocycles. The Hall–Kier alpha value is -2.61. The quantitative estimate of drug-likeness (QED) is 0.746. The SMILES string of the molecule is O=Cc1ccc(-c2cccc3nc(NC(=O)[C@H]4C[C@H]4F)nn23)s1. The number of rotatable bonds is 4. The van der Waals surface area contributed by atoms with Gasteiger partial charge in [-0.2, -0.15) is 4.98 Å². The Bertz CT molecular complexity index is 919. The van der Waals surface area contributed by atoms with Crippen molar-refractivity contribution in [3.05, 3.63) is 35.2 Å². The van der Waals surface area contributed by atoms with Crippen molar-refractivity contribution in [1.29, 1.82) is 0 Å². The third-order valence-corrected chi connectivity index (χ3v) is 4.67. The number of hydrogen-bond acceptors (Lipinski definition) is 5. The number of alkyl halides is 1. The zero-order chi connectivity index (χ0) is 16.0. The Balaban J connectivity index is 1.69. The molecule has 3 heterocycles. The Morgan fingerprint density at radius 1 is 1.39 bits per heavy atom. The molecule has 116 valence electrons. The van der Waals surface area contributed by atoms with Crippen LogP contribution in [0.1, 0.15) is 16.1 Å². The highest BCUT2D eigenvalue weighted by atomic mass is 32.1. The molecule has 0 aliphatic heterocycles. The Kier molecular flexibility index (Phi) is 3.19. The minimum Gasteiger partial charge on any atom is -0.297 e. The maximum absolute atomic E-state index is 12.9. The predicted octanol–water partition coefficient (Wildman–Crippen LogP) is 2.57. The van der Waals surface area contributed by atoms with Crippen LogP contribution >= 0.6 is 11.3 Å². The number of carbonyl (C=O) groups excluding carboxylic acids is 2. The molecule has 23 heavy (non-hydrogen) atoms. The third kappa shape index (κ3) is 2.50. The zero-order valence-corrected chi connectivity index (χ0v) is 12.6. The first-order valence-electron chi connectivity index (χ1n) is 7.02. The van der Waals surface area contributed by atoms with Gasteiger partial charge in [-0.3, -0.25) is 14.9 Å². The van der Waals surface area contributed by atoms with Gasteiger partial charge in [0.1, 0.15) is 6.17 Å². The van der Waals surface area contributed by atoms with Gasteiger partial charge in [-0.15, -0.1) is 16.4 Å². The lowest BCUT2D eigenvalue weighted by Gasteiger charge is -2.00. The topological polar surface area (TPSA) is 76.4 Å². The number of anilines is 1. The molecule has 4 rings (SSSR count). The van der Waals surface area contributed by atoms with Gasteiger partial charge < -0.3 is 0 Å². The van der Waals surface area contributed by atoms with Crippen molar-refractivity contribution >= 4 is 35.1 Å². The largest absolute Gasteiger partial charge is 0.297 e. The first-order valence-corrected chi connectivity index (χ1v) is 7.83. The van der Waals surface area contributed by atoms with Crippen molar-refractivity contribution in [2.24, 2.45) is 5.92 Å². The lowest BCUT2D eigenvalue weighted by molar-refractivity contribution is -0.117. The molecule has 0 spiro atoms. The van der Waals surface area contributed by atoms with Crippen LogP contribution in [0.2, 0.25) is 0 Å². The van der Waals surface area contributed by atoms with Gasteiger partial charge in [-0.25, -0.2) is 8.91 Å². The van der Waals surface area contributed by atoms with Gasteiger partial charge in [-0.1, -0.05) is 6.07 Å². The Morgan fingerprint density at radius 3 is 2.91 bits per heavy atom. The zero-order valence-electron chi connectivity index (χ0n) is 11.8. The summed E-state index contributed by atoms with van der Waals surface area (Å²) in [5.41, 5.74) is 1.33. The minimum atomic E-state index is -1.06. The van der Waals surface area contributed by atoms with Gasteiger partial charge in [0.15, 0.2) is 11.9 Å². The summed E-state index contributed by atoms with van der Waals surface area (Å²) in [4.78, 5) is 28.3. The molecule has 0 aromatic carbocycles. The van der Waals surface area contributed by atoms with Crippen LogP contribution in [0.15, 0.2) is 30.3 Å².